The standard InChI is InChI=1S/C17H12F6N6OS/c1-3-31(30)15-12(27-11-5-9(17(21,22)23)7-25-29(11)15)14-26-10-4-8(16(18,19)20)6-24-13(10)28(14)2/h4-7H,3H2,1-2H3. The molecule has 0 radical (unpaired) electrons. The van der Waals surface area contributed by atoms with Crippen LogP contribution in [0.15, 0.2) is 29.6 Å². The van der Waals surface area contributed by atoms with Crippen molar-refractivity contribution in [3.8, 4) is 11.5 Å². The van der Waals surface area contributed by atoms with Crippen LogP contribution >= 0.6 is 0 Å². The van der Waals surface area contributed by atoms with Crippen LogP contribution in [0.25, 0.3) is 28.3 Å². The number of imidazole rings is 2. The monoisotopic (exact) mass is 462 g/mol. The highest BCUT2D eigenvalue weighted by Gasteiger charge is 2.34. The van der Waals surface area contributed by atoms with Gasteiger partial charge in [-0.1, -0.05) is 6.92 Å². The Morgan fingerprint density at radius 1 is 1.00 bits per heavy atom. The molecule has 4 heterocycles. The third-order valence-corrected chi connectivity index (χ3v) is 5.81. The molecule has 164 valence electrons. The molecule has 0 aliphatic rings. The molecular formula is C17H12F6N6OS. The lowest BCUT2D eigenvalue weighted by atomic mass is 10.2. The Morgan fingerprint density at radius 2 is 1.65 bits per heavy atom. The predicted molar refractivity (Wildman–Crippen MR) is 97.4 cm³/mol. The molecular weight excluding hydrogens is 450 g/mol. The van der Waals surface area contributed by atoms with Crippen molar-refractivity contribution < 1.29 is 30.6 Å². The van der Waals surface area contributed by atoms with Gasteiger partial charge in [0.2, 0.25) is 0 Å². The van der Waals surface area contributed by atoms with Crippen molar-refractivity contribution in [3.63, 3.8) is 0 Å². The first kappa shape index (κ1) is 21.2. The Balaban J connectivity index is 1.99. The van der Waals surface area contributed by atoms with E-state index in [9.17, 15) is 30.6 Å². The second kappa shape index (κ2) is 7.00. The summed E-state index contributed by atoms with van der Waals surface area (Å²) in [7, 11) is -0.259. The highest BCUT2D eigenvalue weighted by atomic mass is 32.2. The number of aryl methyl sites for hydroxylation is 1. The summed E-state index contributed by atoms with van der Waals surface area (Å²) in [5, 5.41) is 3.72. The van der Waals surface area contributed by atoms with Crippen LogP contribution in [0, 0.1) is 0 Å². The first-order valence-electron chi connectivity index (χ1n) is 8.66. The Bertz CT molecular complexity index is 1340. The Kier molecular flexibility index (Phi) is 4.79. The number of aromatic nitrogens is 6. The maximum Gasteiger partial charge on any atom is 0.418 e. The Morgan fingerprint density at radius 3 is 2.26 bits per heavy atom. The molecule has 0 amide bonds. The van der Waals surface area contributed by atoms with Gasteiger partial charge in [-0.05, 0) is 12.1 Å². The first-order valence-corrected chi connectivity index (χ1v) is 9.98. The largest absolute Gasteiger partial charge is 0.418 e. The van der Waals surface area contributed by atoms with E-state index >= 15 is 0 Å². The van der Waals surface area contributed by atoms with Gasteiger partial charge in [-0.25, -0.2) is 19.5 Å². The minimum Gasteiger partial charge on any atom is -0.310 e. The molecule has 0 fully saturated rings. The summed E-state index contributed by atoms with van der Waals surface area (Å²) in [5.41, 5.74) is -2.34. The second-order valence-electron chi connectivity index (χ2n) is 6.47. The van der Waals surface area contributed by atoms with E-state index in [1.807, 2.05) is 0 Å². The van der Waals surface area contributed by atoms with Crippen LogP contribution in [0.3, 0.4) is 0 Å². The van der Waals surface area contributed by atoms with Crippen LogP contribution in [-0.2, 0) is 30.2 Å². The smallest absolute Gasteiger partial charge is 0.310 e. The quantitative estimate of drug-likeness (QED) is 0.433. The molecule has 0 saturated carbocycles. The minimum absolute atomic E-state index is 0.00215. The lowest BCUT2D eigenvalue weighted by Crippen LogP contribution is -2.09. The summed E-state index contributed by atoms with van der Waals surface area (Å²) in [6.07, 6.45) is -8.06. The predicted octanol–water partition coefficient (Wildman–Crippen LogP) is 3.84. The van der Waals surface area contributed by atoms with E-state index in [0.29, 0.717) is 12.4 Å². The van der Waals surface area contributed by atoms with Crippen molar-refractivity contribution in [2.75, 3.05) is 5.75 Å². The maximum absolute atomic E-state index is 13.1. The van der Waals surface area contributed by atoms with Gasteiger partial charge in [0.05, 0.1) is 28.1 Å². The zero-order valence-electron chi connectivity index (χ0n) is 15.8. The van der Waals surface area contributed by atoms with Gasteiger partial charge in [-0.3, -0.25) is 4.21 Å². The molecule has 0 aliphatic heterocycles. The fourth-order valence-corrected chi connectivity index (χ4v) is 3.96. The number of nitrogens with zero attached hydrogens (tertiary/aromatic N) is 6. The van der Waals surface area contributed by atoms with Gasteiger partial charge in [0.1, 0.15) is 11.2 Å². The third-order valence-electron chi connectivity index (χ3n) is 4.49. The molecule has 1 unspecified atom stereocenters. The molecule has 1 atom stereocenters. The fraction of sp³-hybridized carbons (Fsp3) is 0.294. The van der Waals surface area contributed by atoms with Crippen LogP contribution in [0.1, 0.15) is 18.1 Å². The van der Waals surface area contributed by atoms with Crippen molar-refractivity contribution in [2.45, 2.75) is 24.3 Å². The lowest BCUT2D eigenvalue weighted by molar-refractivity contribution is -0.138. The van der Waals surface area contributed by atoms with Crippen LogP contribution in [0.5, 0.6) is 0 Å². The molecule has 14 heteroatoms. The molecule has 4 rings (SSSR count). The van der Waals surface area contributed by atoms with Gasteiger partial charge < -0.3 is 4.57 Å². The molecule has 0 saturated heterocycles. The van der Waals surface area contributed by atoms with Crippen LogP contribution in [-0.4, -0.2) is 39.1 Å². The summed E-state index contributed by atoms with van der Waals surface area (Å²) < 4.78 is 93.2. The van der Waals surface area contributed by atoms with Crippen molar-refractivity contribution in [1.29, 1.82) is 0 Å². The molecule has 0 N–H and O–H groups in total. The number of hydrogen-bond acceptors (Lipinski definition) is 5. The summed E-state index contributed by atoms with van der Waals surface area (Å²) in [4.78, 5) is 12.1. The zero-order valence-corrected chi connectivity index (χ0v) is 16.6. The number of hydrogen-bond donors (Lipinski definition) is 0. The van der Waals surface area contributed by atoms with Gasteiger partial charge in [0.15, 0.2) is 22.1 Å². The Hall–Kier alpha value is -3.03. The SMILES string of the molecule is CCS(=O)c1c(-c2nc3cc(C(F)(F)F)cnc3n2C)nc2cc(C(F)(F)F)cnn12. The summed E-state index contributed by atoms with van der Waals surface area (Å²) in [6.45, 7) is 1.59. The fourth-order valence-electron chi connectivity index (χ4n) is 3.00. The van der Waals surface area contributed by atoms with E-state index in [1.165, 1.54) is 11.6 Å². The van der Waals surface area contributed by atoms with Crippen molar-refractivity contribution >= 4 is 27.6 Å². The van der Waals surface area contributed by atoms with Crippen molar-refractivity contribution in [2.24, 2.45) is 7.05 Å². The summed E-state index contributed by atoms with van der Waals surface area (Å²) >= 11 is 0. The molecule has 7 nitrogen and oxygen atoms in total. The maximum atomic E-state index is 13.1. The molecule has 0 aliphatic carbocycles. The topological polar surface area (TPSA) is 78.0 Å². The number of halogens is 6. The summed E-state index contributed by atoms with van der Waals surface area (Å²) in [6, 6.07) is 1.55. The van der Waals surface area contributed by atoms with Gasteiger partial charge >= 0.3 is 12.4 Å². The third kappa shape index (κ3) is 3.54. The number of fused-ring (bicyclic) bond motifs is 2. The molecule has 0 aromatic carbocycles. The van der Waals surface area contributed by atoms with Gasteiger partial charge in [-0.2, -0.15) is 31.4 Å². The highest BCUT2D eigenvalue weighted by Crippen LogP contribution is 2.34. The molecule has 4 aromatic heterocycles. The number of rotatable bonds is 3. The normalized spacial score (nSPS) is 13.9. The minimum atomic E-state index is -4.67. The molecule has 0 spiro atoms. The average Bonchev–Trinajstić information content (AvgIpc) is 3.23. The molecule has 31 heavy (non-hydrogen) atoms. The van der Waals surface area contributed by atoms with E-state index in [4.69, 9.17) is 0 Å². The average molecular weight is 462 g/mol. The van der Waals surface area contributed by atoms with E-state index < -0.39 is 34.3 Å². The van der Waals surface area contributed by atoms with Gasteiger partial charge in [0, 0.05) is 19.0 Å². The molecule has 4 aromatic rings. The van der Waals surface area contributed by atoms with E-state index in [2.05, 4.69) is 20.1 Å². The van der Waals surface area contributed by atoms with Gasteiger partial charge in [-0.15, -0.1) is 0 Å². The van der Waals surface area contributed by atoms with Gasteiger partial charge in [0.25, 0.3) is 0 Å². The van der Waals surface area contributed by atoms with Crippen molar-refractivity contribution in [3.05, 3.63) is 35.7 Å². The number of pyridine rings is 1. The van der Waals surface area contributed by atoms with Crippen molar-refractivity contribution in [1.82, 2.24) is 29.1 Å². The summed E-state index contributed by atoms with van der Waals surface area (Å²) in [5.74, 6) is 0.0990. The second-order valence-corrected chi connectivity index (χ2v) is 8.13. The van der Waals surface area contributed by atoms with E-state index in [0.717, 1.165) is 16.6 Å². The Labute approximate surface area is 172 Å². The van der Waals surface area contributed by atoms with Crippen LogP contribution < -0.4 is 0 Å². The highest BCUT2D eigenvalue weighted by molar-refractivity contribution is 7.85. The lowest BCUT2D eigenvalue weighted by Gasteiger charge is -2.06. The first-order chi connectivity index (χ1) is 14.4. The van der Waals surface area contributed by atoms with E-state index in [-0.39, 0.29) is 39.1 Å². The number of alkyl halides is 6. The van der Waals surface area contributed by atoms with Crippen LogP contribution in [0.2, 0.25) is 0 Å². The zero-order chi connectivity index (χ0) is 22.7. The van der Waals surface area contributed by atoms with E-state index in [1.54, 1.807) is 6.92 Å². The molecule has 0 bridgehead atoms. The van der Waals surface area contributed by atoms with Crippen LogP contribution in [0.4, 0.5) is 26.3 Å².